The second-order valence-corrected chi connectivity index (χ2v) is 7.12. The summed E-state index contributed by atoms with van der Waals surface area (Å²) in [5, 5.41) is 12.2. The molecule has 118 valence electrons. The Balaban J connectivity index is 2.52. The third kappa shape index (κ3) is 2.93. The lowest BCUT2D eigenvalue weighted by Crippen LogP contribution is -2.22. The lowest BCUT2D eigenvalue weighted by Gasteiger charge is -2.06. The molecule has 0 aromatic carbocycles. The first-order chi connectivity index (χ1) is 10.3. The number of hydrogen-bond acceptors (Lipinski definition) is 6. The second-order valence-electron chi connectivity index (χ2n) is 4.78. The molecule has 2 heterocycles. The van der Waals surface area contributed by atoms with E-state index in [0.29, 0.717) is 11.3 Å². The Kier molecular flexibility index (Phi) is 4.18. The zero-order valence-electron chi connectivity index (χ0n) is 12.2. The summed E-state index contributed by atoms with van der Waals surface area (Å²) in [5.74, 6) is -0.899. The van der Waals surface area contributed by atoms with E-state index in [1.807, 2.05) is 0 Å². The highest BCUT2D eigenvalue weighted by molar-refractivity contribution is 7.90. The van der Waals surface area contributed by atoms with E-state index in [4.69, 9.17) is 9.84 Å². The van der Waals surface area contributed by atoms with Crippen LogP contribution in [0.15, 0.2) is 24.5 Å². The van der Waals surface area contributed by atoms with Gasteiger partial charge in [0.15, 0.2) is 5.69 Å². The van der Waals surface area contributed by atoms with E-state index in [1.165, 1.54) is 31.6 Å². The van der Waals surface area contributed by atoms with Crippen molar-refractivity contribution in [1.29, 1.82) is 0 Å². The van der Waals surface area contributed by atoms with Crippen LogP contribution in [-0.2, 0) is 10.0 Å². The van der Waals surface area contributed by atoms with Crippen molar-refractivity contribution >= 4 is 16.0 Å². The number of aromatic carboxylic acids is 1. The topological polar surface area (TPSA) is 111 Å². The van der Waals surface area contributed by atoms with E-state index in [9.17, 15) is 13.2 Å². The van der Waals surface area contributed by atoms with Gasteiger partial charge < -0.3 is 9.84 Å². The lowest BCUT2D eigenvalue weighted by atomic mass is 10.2. The van der Waals surface area contributed by atoms with Crippen molar-refractivity contribution in [1.82, 2.24) is 14.2 Å². The van der Waals surface area contributed by atoms with Crippen LogP contribution in [0.2, 0.25) is 0 Å². The van der Waals surface area contributed by atoms with Crippen LogP contribution in [0.3, 0.4) is 0 Å². The number of ether oxygens (including phenoxy) is 1. The number of nitrogens with zero attached hydrogens (tertiary/aromatic N) is 3. The normalized spacial score (nSPS) is 11.6. The lowest BCUT2D eigenvalue weighted by molar-refractivity contribution is 0.0690. The molecule has 2 aromatic rings. The highest BCUT2D eigenvalue weighted by Crippen LogP contribution is 2.23. The van der Waals surface area contributed by atoms with Crippen LogP contribution in [0, 0.1) is 0 Å². The van der Waals surface area contributed by atoms with Crippen molar-refractivity contribution in [2.24, 2.45) is 0 Å². The van der Waals surface area contributed by atoms with Gasteiger partial charge in [0.1, 0.15) is 5.75 Å². The maximum absolute atomic E-state index is 12.0. The predicted molar refractivity (Wildman–Crippen MR) is 78.4 cm³/mol. The molecule has 0 saturated carbocycles. The molecule has 0 saturated heterocycles. The molecule has 9 heteroatoms. The van der Waals surface area contributed by atoms with Crippen LogP contribution in [0.25, 0.3) is 11.3 Å². The Morgan fingerprint density at radius 2 is 2.05 bits per heavy atom. The molecule has 0 aliphatic rings. The highest BCUT2D eigenvalue weighted by Gasteiger charge is 2.20. The maximum Gasteiger partial charge on any atom is 0.354 e. The smallest absolute Gasteiger partial charge is 0.354 e. The molecule has 0 radical (unpaired) electrons. The monoisotopic (exact) mass is 325 g/mol. The first kappa shape index (κ1) is 16.0. The zero-order valence-corrected chi connectivity index (χ0v) is 13.0. The predicted octanol–water partition coefficient (Wildman–Crippen LogP) is 1.24. The molecule has 0 bridgehead atoms. The molecule has 8 nitrogen and oxygen atoms in total. The number of carboxylic acid groups (broad SMARTS) is 1. The fourth-order valence-electron chi connectivity index (χ4n) is 1.67. The number of aromatic nitrogens is 3. The Labute approximate surface area is 127 Å². The molecule has 1 N–H and O–H groups in total. The minimum absolute atomic E-state index is 0.200. The van der Waals surface area contributed by atoms with Crippen molar-refractivity contribution in [3.63, 3.8) is 0 Å². The van der Waals surface area contributed by atoms with Crippen molar-refractivity contribution in [2.45, 2.75) is 19.1 Å². The van der Waals surface area contributed by atoms with Crippen molar-refractivity contribution in [2.75, 3.05) is 7.11 Å². The van der Waals surface area contributed by atoms with Gasteiger partial charge in [0.25, 0.3) is 10.0 Å². The number of pyridine rings is 1. The molecule has 0 fully saturated rings. The van der Waals surface area contributed by atoms with Gasteiger partial charge in [0.2, 0.25) is 0 Å². The van der Waals surface area contributed by atoms with Gasteiger partial charge in [0, 0.05) is 17.7 Å². The maximum atomic E-state index is 12.0. The number of carbonyl (C=O) groups is 1. The summed E-state index contributed by atoms with van der Waals surface area (Å²) in [5.41, 5.74) is 0.446. The van der Waals surface area contributed by atoms with Gasteiger partial charge in [-0.1, -0.05) is 0 Å². The Bertz CT molecular complexity index is 811. The van der Waals surface area contributed by atoms with Crippen LogP contribution in [-0.4, -0.2) is 46.0 Å². The van der Waals surface area contributed by atoms with Crippen molar-refractivity contribution in [3.8, 4) is 17.0 Å². The van der Waals surface area contributed by atoms with Gasteiger partial charge in [-0.3, -0.25) is 0 Å². The third-order valence-corrected chi connectivity index (χ3v) is 4.88. The molecular formula is C13H15N3O5S. The largest absolute Gasteiger partial charge is 0.497 e. The molecule has 0 amide bonds. The summed E-state index contributed by atoms with van der Waals surface area (Å²) < 4.78 is 30.0. The molecule has 0 aliphatic heterocycles. The Hall–Kier alpha value is -2.42. The minimum atomic E-state index is -3.58. The van der Waals surface area contributed by atoms with Gasteiger partial charge in [-0.2, -0.15) is 9.19 Å². The van der Waals surface area contributed by atoms with Crippen LogP contribution >= 0.6 is 0 Å². The third-order valence-electron chi connectivity index (χ3n) is 2.97. The highest BCUT2D eigenvalue weighted by atomic mass is 32.2. The van der Waals surface area contributed by atoms with E-state index in [1.54, 1.807) is 13.8 Å². The first-order valence-electron chi connectivity index (χ1n) is 6.34. The van der Waals surface area contributed by atoms with Gasteiger partial charge in [-0.05, 0) is 13.8 Å². The van der Waals surface area contributed by atoms with E-state index < -0.39 is 21.2 Å². The average Bonchev–Trinajstić information content (AvgIpc) is 2.97. The van der Waals surface area contributed by atoms with E-state index in [2.05, 4.69) is 10.1 Å². The summed E-state index contributed by atoms with van der Waals surface area (Å²) in [4.78, 5) is 15.0. The van der Waals surface area contributed by atoms with E-state index >= 15 is 0 Å². The molecular weight excluding hydrogens is 310 g/mol. The summed E-state index contributed by atoms with van der Waals surface area (Å²) in [6, 6.07) is 2.79. The second kappa shape index (κ2) is 5.76. The molecule has 2 aromatic heterocycles. The number of hydrogen-bond donors (Lipinski definition) is 1. The fourth-order valence-corrected chi connectivity index (χ4v) is 2.54. The number of rotatable bonds is 5. The Morgan fingerprint density at radius 1 is 1.36 bits per heavy atom. The standard InChI is InChI=1S/C13H15N3O5S/c1-8(2)22(19,20)16-7-9(6-14-16)11-4-10(21-3)5-12(15-11)13(17)18/h4-8H,1-3H3,(H,17,18). The molecule has 22 heavy (non-hydrogen) atoms. The van der Waals surface area contributed by atoms with Crippen LogP contribution in [0.5, 0.6) is 5.75 Å². The van der Waals surface area contributed by atoms with Gasteiger partial charge in [0.05, 0.1) is 30.4 Å². The minimum Gasteiger partial charge on any atom is -0.497 e. The summed E-state index contributed by atoms with van der Waals surface area (Å²) in [7, 11) is -2.18. The molecule has 2 rings (SSSR count). The van der Waals surface area contributed by atoms with Crippen LogP contribution in [0.4, 0.5) is 0 Å². The molecule has 0 aliphatic carbocycles. The summed E-state index contributed by atoms with van der Waals surface area (Å²) in [6.07, 6.45) is 2.61. The van der Waals surface area contributed by atoms with Crippen molar-refractivity contribution in [3.05, 3.63) is 30.2 Å². The van der Waals surface area contributed by atoms with Crippen LogP contribution < -0.4 is 4.74 Å². The van der Waals surface area contributed by atoms with E-state index in [0.717, 1.165) is 4.09 Å². The fraction of sp³-hybridized carbons (Fsp3) is 0.308. The molecule has 0 unspecified atom stereocenters. The summed E-state index contributed by atoms with van der Waals surface area (Å²) >= 11 is 0. The number of methoxy groups -OCH3 is 1. The van der Waals surface area contributed by atoms with Gasteiger partial charge >= 0.3 is 5.97 Å². The van der Waals surface area contributed by atoms with Gasteiger partial charge in [-0.25, -0.2) is 18.2 Å². The van der Waals surface area contributed by atoms with Gasteiger partial charge in [-0.15, -0.1) is 0 Å². The molecule has 0 atom stereocenters. The van der Waals surface area contributed by atoms with Crippen LogP contribution in [0.1, 0.15) is 24.3 Å². The van der Waals surface area contributed by atoms with E-state index in [-0.39, 0.29) is 11.4 Å². The summed E-state index contributed by atoms with van der Waals surface area (Å²) in [6.45, 7) is 3.09. The SMILES string of the molecule is COc1cc(C(=O)O)nc(-c2cnn(S(=O)(=O)C(C)C)c2)c1. The van der Waals surface area contributed by atoms with Crippen molar-refractivity contribution < 1.29 is 23.1 Å². The average molecular weight is 325 g/mol. The zero-order chi connectivity index (χ0) is 16.5. The first-order valence-corrected chi connectivity index (χ1v) is 7.85. The Morgan fingerprint density at radius 3 is 2.59 bits per heavy atom. The quantitative estimate of drug-likeness (QED) is 0.880. The molecule has 0 spiro atoms. The number of carboxylic acids is 1.